The van der Waals surface area contributed by atoms with Gasteiger partial charge in [0.2, 0.25) is 15.9 Å². The quantitative estimate of drug-likeness (QED) is 0.496. The van der Waals surface area contributed by atoms with Gasteiger partial charge in [0.15, 0.2) is 0 Å². The Kier molecular flexibility index (Phi) is 6.11. The average Bonchev–Trinajstić information content (AvgIpc) is 2.68. The van der Waals surface area contributed by atoms with E-state index in [0.29, 0.717) is 5.56 Å². The van der Waals surface area contributed by atoms with E-state index in [1.165, 1.54) is 22.5 Å². The van der Waals surface area contributed by atoms with Crippen LogP contribution in [0.5, 0.6) is 0 Å². The maximum atomic E-state index is 12.7. The monoisotopic (exact) mass is 467 g/mol. The van der Waals surface area contributed by atoms with Crippen LogP contribution in [0, 0.1) is 10.1 Å². The van der Waals surface area contributed by atoms with E-state index in [-0.39, 0.29) is 49.1 Å². The first-order valence-electron chi connectivity index (χ1n) is 8.55. The number of carbonyl (C=O) groups is 1. The highest BCUT2D eigenvalue weighted by atomic mass is 79.9. The highest BCUT2D eigenvalue weighted by Gasteiger charge is 2.30. The molecule has 1 saturated heterocycles. The fraction of sp³-hybridized carbons (Fsp3) is 0.278. The molecule has 1 fully saturated rings. The van der Waals surface area contributed by atoms with Crippen molar-refractivity contribution in [2.24, 2.45) is 0 Å². The first-order valence-corrected chi connectivity index (χ1v) is 10.8. The SMILES string of the molecule is O=C(Cc1ccccc1[N+](=O)[O-])N1CCN(S(=O)(=O)c2ccc(Br)cc2)CC1. The molecule has 0 aliphatic carbocycles. The Morgan fingerprint density at radius 3 is 2.25 bits per heavy atom. The normalized spacial score (nSPS) is 15.4. The number of para-hydroxylation sites is 1. The highest BCUT2D eigenvalue weighted by molar-refractivity contribution is 9.10. The van der Waals surface area contributed by atoms with Gasteiger partial charge in [-0.3, -0.25) is 14.9 Å². The van der Waals surface area contributed by atoms with Crippen molar-refractivity contribution in [1.82, 2.24) is 9.21 Å². The molecule has 28 heavy (non-hydrogen) atoms. The lowest BCUT2D eigenvalue weighted by Crippen LogP contribution is -2.50. The van der Waals surface area contributed by atoms with Gasteiger partial charge in [-0.15, -0.1) is 0 Å². The molecule has 1 heterocycles. The summed E-state index contributed by atoms with van der Waals surface area (Å²) in [5.41, 5.74) is 0.259. The molecule has 3 rings (SSSR count). The molecule has 1 aliphatic heterocycles. The van der Waals surface area contributed by atoms with Crippen LogP contribution in [0.3, 0.4) is 0 Å². The lowest BCUT2D eigenvalue weighted by Gasteiger charge is -2.34. The molecule has 10 heteroatoms. The van der Waals surface area contributed by atoms with Gasteiger partial charge in [0.1, 0.15) is 0 Å². The summed E-state index contributed by atoms with van der Waals surface area (Å²) in [6, 6.07) is 12.5. The number of rotatable bonds is 5. The molecule has 0 N–H and O–H groups in total. The number of carbonyl (C=O) groups excluding carboxylic acids is 1. The van der Waals surface area contributed by atoms with E-state index in [4.69, 9.17) is 0 Å². The Balaban J connectivity index is 1.64. The molecule has 0 saturated carbocycles. The number of benzene rings is 2. The summed E-state index contributed by atoms with van der Waals surface area (Å²) < 4.78 is 27.6. The maximum Gasteiger partial charge on any atom is 0.273 e. The topological polar surface area (TPSA) is 101 Å². The van der Waals surface area contributed by atoms with Crippen LogP contribution in [-0.4, -0.2) is 54.6 Å². The molecule has 0 unspecified atom stereocenters. The Bertz CT molecular complexity index is 987. The molecule has 148 valence electrons. The molecule has 2 aromatic carbocycles. The fourth-order valence-electron chi connectivity index (χ4n) is 3.05. The van der Waals surface area contributed by atoms with Crippen LogP contribution < -0.4 is 0 Å². The highest BCUT2D eigenvalue weighted by Crippen LogP contribution is 2.22. The number of piperazine rings is 1. The summed E-state index contributed by atoms with van der Waals surface area (Å²) in [6.07, 6.45) is -0.0867. The van der Waals surface area contributed by atoms with Gasteiger partial charge in [0, 0.05) is 42.3 Å². The summed E-state index contributed by atoms with van der Waals surface area (Å²) in [4.78, 5) is 24.9. The number of hydrogen-bond donors (Lipinski definition) is 0. The Labute approximate surface area is 171 Å². The van der Waals surface area contributed by atoms with Crippen LogP contribution >= 0.6 is 15.9 Å². The van der Waals surface area contributed by atoms with Gasteiger partial charge in [-0.2, -0.15) is 4.31 Å². The van der Waals surface area contributed by atoms with Crippen molar-refractivity contribution in [3.8, 4) is 0 Å². The molecule has 8 nitrogen and oxygen atoms in total. The third kappa shape index (κ3) is 4.40. The first kappa shape index (κ1) is 20.4. The van der Waals surface area contributed by atoms with Crippen molar-refractivity contribution in [3.63, 3.8) is 0 Å². The van der Waals surface area contributed by atoms with Gasteiger partial charge in [-0.1, -0.05) is 34.1 Å². The molecule has 0 bridgehead atoms. The number of sulfonamides is 1. The minimum Gasteiger partial charge on any atom is -0.340 e. The van der Waals surface area contributed by atoms with Crippen LogP contribution in [0.1, 0.15) is 5.56 Å². The molecule has 1 aliphatic rings. The zero-order valence-electron chi connectivity index (χ0n) is 14.8. The van der Waals surface area contributed by atoms with Crippen molar-refractivity contribution in [1.29, 1.82) is 0 Å². The fourth-order valence-corrected chi connectivity index (χ4v) is 4.73. The summed E-state index contributed by atoms with van der Waals surface area (Å²) in [7, 11) is -3.62. The molecule has 0 atom stereocenters. The van der Waals surface area contributed by atoms with Gasteiger partial charge in [0.05, 0.1) is 16.2 Å². The van der Waals surface area contributed by atoms with E-state index in [1.54, 1.807) is 35.2 Å². The van der Waals surface area contributed by atoms with Crippen LogP contribution in [0.15, 0.2) is 57.9 Å². The lowest BCUT2D eigenvalue weighted by atomic mass is 10.1. The third-order valence-electron chi connectivity index (χ3n) is 4.57. The molecule has 0 aromatic heterocycles. The number of amides is 1. The molecule has 0 radical (unpaired) electrons. The maximum absolute atomic E-state index is 12.7. The van der Waals surface area contributed by atoms with E-state index in [2.05, 4.69) is 15.9 Å². The van der Waals surface area contributed by atoms with Crippen LogP contribution in [0.2, 0.25) is 0 Å². The van der Waals surface area contributed by atoms with Crippen molar-refractivity contribution in [2.45, 2.75) is 11.3 Å². The molecular formula is C18H18BrN3O5S. The van der Waals surface area contributed by atoms with Crippen molar-refractivity contribution in [3.05, 3.63) is 68.7 Å². The second-order valence-corrected chi connectivity index (χ2v) is 9.16. The minimum absolute atomic E-state index is 0.0867. The van der Waals surface area contributed by atoms with Crippen molar-refractivity contribution in [2.75, 3.05) is 26.2 Å². The van der Waals surface area contributed by atoms with Crippen LogP contribution in [0.25, 0.3) is 0 Å². The summed E-state index contributed by atoms with van der Waals surface area (Å²) in [6.45, 7) is 0.854. The molecule has 2 aromatic rings. The zero-order valence-corrected chi connectivity index (χ0v) is 17.2. The first-order chi connectivity index (χ1) is 13.3. The number of halogens is 1. The van der Waals surface area contributed by atoms with Gasteiger partial charge >= 0.3 is 0 Å². The molecule has 1 amide bonds. The number of nitro benzene ring substituents is 1. The molecular weight excluding hydrogens is 450 g/mol. The number of hydrogen-bond acceptors (Lipinski definition) is 5. The standard InChI is InChI=1S/C18H18BrN3O5S/c19-15-5-7-16(8-6-15)28(26,27)21-11-9-20(10-12-21)18(23)13-14-3-1-2-4-17(14)22(24)25/h1-8H,9-13H2. The van der Waals surface area contributed by atoms with Crippen LogP contribution in [-0.2, 0) is 21.2 Å². The van der Waals surface area contributed by atoms with Crippen molar-refractivity contribution < 1.29 is 18.1 Å². The number of nitrogens with zero attached hydrogens (tertiary/aromatic N) is 3. The largest absolute Gasteiger partial charge is 0.340 e. The smallest absolute Gasteiger partial charge is 0.273 e. The Morgan fingerprint density at radius 1 is 1.04 bits per heavy atom. The number of nitro groups is 1. The van der Waals surface area contributed by atoms with Gasteiger partial charge in [-0.25, -0.2) is 8.42 Å². The summed E-state index contributed by atoms with van der Waals surface area (Å²) >= 11 is 3.28. The second-order valence-electron chi connectivity index (χ2n) is 6.30. The lowest BCUT2D eigenvalue weighted by molar-refractivity contribution is -0.385. The van der Waals surface area contributed by atoms with E-state index < -0.39 is 14.9 Å². The predicted octanol–water partition coefficient (Wildman–Crippen LogP) is 2.43. The zero-order chi connectivity index (χ0) is 20.3. The second kappa shape index (κ2) is 8.38. The minimum atomic E-state index is -3.62. The average molecular weight is 468 g/mol. The Hall–Kier alpha value is -2.30. The summed E-state index contributed by atoms with van der Waals surface area (Å²) in [5.74, 6) is -0.255. The predicted molar refractivity (Wildman–Crippen MR) is 106 cm³/mol. The van der Waals surface area contributed by atoms with E-state index >= 15 is 0 Å². The van der Waals surface area contributed by atoms with Gasteiger partial charge in [0.25, 0.3) is 5.69 Å². The third-order valence-corrected chi connectivity index (χ3v) is 7.01. The summed E-state index contributed by atoms with van der Waals surface area (Å²) in [5, 5.41) is 11.1. The van der Waals surface area contributed by atoms with Crippen molar-refractivity contribution >= 4 is 37.5 Å². The molecule has 0 spiro atoms. The van der Waals surface area contributed by atoms with E-state index in [0.717, 1.165) is 4.47 Å². The van der Waals surface area contributed by atoms with E-state index in [1.807, 2.05) is 0 Å². The van der Waals surface area contributed by atoms with Gasteiger partial charge in [-0.05, 0) is 24.3 Å². The van der Waals surface area contributed by atoms with Gasteiger partial charge < -0.3 is 4.90 Å². The Morgan fingerprint density at radius 2 is 1.64 bits per heavy atom. The van der Waals surface area contributed by atoms with E-state index in [9.17, 15) is 23.3 Å². The van der Waals surface area contributed by atoms with Crippen LogP contribution in [0.4, 0.5) is 5.69 Å².